The van der Waals surface area contributed by atoms with Gasteiger partial charge in [-0.3, -0.25) is 4.79 Å². The molecule has 0 aliphatic heterocycles. The van der Waals surface area contributed by atoms with Crippen LogP contribution in [0.15, 0.2) is 18.2 Å². The van der Waals surface area contributed by atoms with Crippen LogP contribution in [0.1, 0.15) is 43.1 Å². The normalized spacial score (nSPS) is 10.3. The van der Waals surface area contributed by atoms with Gasteiger partial charge in [-0.1, -0.05) is 6.92 Å². The van der Waals surface area contributed by atoms with Crippen molar-refractivity contribution < 1.29 is 9.53 Å². The van der Waals surface area contributed by atoms with Gasteiger partial charge in [0.15, 0.2) is 5.78 Å². The van der Waals surface area contributed by atoms with Crippen LogP contribution in [0.2, 0.25) is 0 Å². The average molecular weight is 252 g/mol. The molecule has 0 saturated carbocycles. The number of carbonyl (C=O) groups is 1. The Hall–Kier alpha value is -0.960. The number of rotatable bonds is 7. The molecule has 0 spiro atoms. The molecule has 0 radical (unpaired) electrons. The molecule has 1 aromatic carbocycles. The van der Waals surface area contributed by atoms with E-state index in [0.717, 1.165) is 28.4 Å². The van der Waals surface area contributed by atoms with Gasteiger partial charge in [0, 0.05) is 16.9 Å². The van der Waals surface area contributed by atoms with Crippen molar-refractivity contribution in [3.05, 3.63) is 29.3 Å². The maximum atomic E-state index is 11.3. The zero-order valence-electron chi connectivity index (χ0n) is 10.8. The molecule has 0 aliphatic rings. The molecule has 0 bridgehead atoms. The molecule has 2 nitrogen and oxygen atoms in total. The molecule has 0 aliphatic carbocycles. The fourth-order valence-corrected chi connectivity index (χ4v) is 2.41. The first-order valence-electron chi connectivity index (χ1n) is 6.03. The number of ether oxygens (including phenoxy) is 1. The lowest BCUT2D eigenvalue weighted by Gasteiger charge is -2.11. The molecule has 0 unspecified atom stereocenters. The van der Waals surface area contributed by atoms with E-state index < -0.39 is 0 Å². The molecule has 1 rings (SSSR count). The molecule has 0 fully saturated rings. The van der Waals surface area contributed by atoms with Crippen LogP contribution in [0.3, 0.4) is 0 Å². The first-order chi connectivity index (χ1) is 8.19. The fraction of sp³-hybridized carbons (Fsp3) is 0.500. The monoisotopic (exact) mass is 252 g/mol. The van der Waals surface area contributed by atoms with E-state index in [4.69, 9.17) is 4.74 Å². The summed E-state index contributed by atoms with van der Waals surface area (Å²) in [6, 6.07) is 5.69. The minimum Gasteiger partial charge on any atom is -0.494 e. The molecule has 0 heterocycles. The highest BCUT2D eigenvalue weighted by Gasteiger charge is 2.07. The van der Waals surface area contributed by atoms with Gasteiger partial charge in [-0.25, -0.2) is 0 Å². The molecule has 0 N–H and O–H groups in total. The van der Waals surface area contributed by atoms with Gasteiger partial charge in [0.1, 0.15) is 5.75 Å². The van der Waals surface area contributed by atoms with E-state index in [1.165, 1.54) is 6.42 Å². The third-order valence-corrected chi connectivity index (χ3v) is 3.58. The van der Waals surface area contributed by atoms with Gasteiger partial charge >= 0.3 is 0 Å². The standard InChI is InChI=1S/C14H20O2S/c1-4-8-17-10-13-9-12(11(3)15)6-7-14(13)16-5-2/h6-7,9H,4-5,8,10H2,1-3H3. The number of benzene rings is 1. The number of ketones is 1. The molecular weight excluding hydrogens is 232 g/mol. The molecule has 3 heteroatoms. The van der Waals surface area contributed by atoms with E-state index in [-0.39, 0.29) is 5.78 Å². The molecule has 17 heavy (non-hydrogen) atoms. The lowest BCUT2D eigenvalue weighted by molar-refractivity contribution is 0.101. The molecule has 0 amide bonds. The molecule has 1 aromatic rings. The van der Waals surface area contributed by atoms with Crippen LogP contribution >= 0.6 is 11.8 Å². The summed E-state index contributed by atoms with van der Waals surface area (Å²) >= 11 is 1.88. The van der Waals surface area contributed by atoms with Gasteiger partial charge in [0.25, 0.3) is 0 Å². The summed E-state index contributed by atoms with van der Waals surface area (Å²) in [4.78, 5) is 11.3. The Morgan fingerprint density at radius 3 is 2.71 bits per heavy atom. The third-order valence-electron chi connectivity index (χ3n) is 2.37. The zero-order chi connectivity index (χ0) is 12.7. The highest BCUT2D eigenvalue weighted by Crippen LogP contribution is 2.25. The van der Waals surface area contributed by atoms with Gasteiger partial charge in [-0.15, -0.1) is 0 Å². The largest absolute Gasteiger partial charge is 0.494 e. The minimum atomic E-state index is 0.106. The van der Waals surface area contributed by atoms with Crippen LogP contribution in [0, 0.1) is 0 Å². The van der Waals surface area contributed by atoms with Gasteiger partial charge in [0.2, 0.25) is 0 Å². The van der Waals surface area contributed by atoms with Gasteiger partial charge in [-0.2, -0.15) is 11.8 Å². The second-order valence-electron chi connectivity index (χ2n) is 3.86. The first-order valence-corrected chi connectivity index (χ1v) is 7.18. The summed E-state index contributed by atoms with van der Waals surface area (Å²) in [5.74, 6) is 3.05. The predicted octanol–water partition coefficient (Wildman–Crippen LogP) is 3.93. The van der Waals surface area contributed by atoms with Gasteiger partial charge in [-0.05, 0) is 44.2 Å². The number of thioether (sulfide) groups is 1. The predicted molar refractivity (Wildman–Crippen MR) is 74.1 cm³/mol. The number of hydrogen-bond acceptors (Lipinski definition) is 3. The van der Waals surface area contributed by atoms with Crippen LogP contribution in [0.25, 0.3) is 0 Å². The van der Waals surface area contributed by atoms with E-state index in [1.54, 1.807) is 6.92 Å². The Balaban J connectivity index is 2.86. The van der Waals surface area contributed by atoms with Crippen molar-refractivity contribution in [3.63, 3.8) is 0 Å². The maximum absolute atomic E-state index is 11.3. The van der Waals surface area contributed by atoms with Crippen molar-refractivity contribution in [2.75, 3.05) is 12.4 Å². The average Bonchev–Trinajstić information content (AvgIpc) is 2.31. The first kappa shape index (κ1) is 14.1. The van der Waals surface area contributed by atoms with Crippen LogP contribution in [0.4, 0.5) is 0 Å². The summed E-state index contributed by atoms with van der Waals surface area (Å²) in [5, 5.41) is 0. The van der Waals surface area contributed by atoms with Gasteiger partial charge < -0.3 is 4.74 Å². The molecule has 94 valence electrons. The lowest BCUT2D eigenvalue weighted by Crippen LogP contribution is -1.99. The number of carbonyl (C=O) groups excluding carboxylic acids is 1. The fourth-order valence-electron chi connectivity index (χ4n) is 1.53. The van der Waals surface area contributed by atoms with E-state index in [0.29, 0.717) is 6.61 Å². The highest BCUT2D eigenvalue weighted by molar-refractivity contribution is 7.98. The van der Waals surface area contributed by atoms with Crippen LogP contribution in [-0.4, -0.2) is 18.1 Å². The zero-order valence-corrected chi connectivity index (χ0v) is 11.6. The Kier molecular flexibility index (Phi) is 6.12. The lowest BCUT2D eigenvalue weighted by atomic mass is 10.1. The minimum absolute atomic E-state index is 0.106. The third kappa shape index (κ3) is 4.43. The summed E-state index contributed by atoms with van der Waals surface area (Å²) in [5.41, 5.74) is 1.89. The Bertz CT molecular complexity index is 374. The molecule has 0 aromatic heterocycles. The highest BCUT2D eigenvalue weighted by atomic mass is 32.2. The Morgan fingerprint density at radius 2 is 2.12 bits per heavy atom. The topological polar surface area (TPSA) is 26.3 Å². The van der Waals surface area contributed by atoms with Crippen molar-refractivity contribution in [2.24, 2.45) is 0 Å². The second-order valence-corrected chi connectivity index (χ2v) is 4.97. The van der Waals surface area contributed by atoms with E-state index in [9.17, 15) is 4.79 Å². The summed E-state index contributed by atoms with van der Waals surface area (Å²) < 4.78 is 5.58. The quantitative estimate of drug-likeness (QED) is 0.543. The van der Waals surface area contributed by atoms with E-state index >= 15 is 0 Å². The van der Waals surface area contributed by atoms with Crippen LogP contribution < -0.4 is 4.74 Å². The Labute approximate surface area is 108 Å². The summed E-state index contributed by atoms with van der Waals surface area (Å²) in [6.07, 6.45) is 1.17. The SMILES string of the molecule is CCCSCc1cc(C(C)=O)ccc1OCC. The van der Waals surface area contributed by atoms with Gasteiger partial charge in [0.05, 0.1) is 6.61 Å². The summed E-state index contributed by atoms with van der Waals surface area (Å²) in [6.45, 7) is 6.40. The van der Waals surface area contributed by atoms with Crippen molar-refractivity contribution >= 4 is 17.5 Å². The molecule has 0 atom stereocenters. The van der Waals surface area contributed by atoms with Crippen LogP contribution in [0.5, 0.6) is 5.75 Å². The van der Waals surface area contributed by atoms with Crippen molar-refractivity contribution in [3.8, 4) is 5.75 Å². The Morgan fingerprint density at radius 1 is 1.35 bits per heavy atom. The number of Topliss-reactive ketones (excluding diaryl/α,β-unsaturated/α-hetero) is 1. The maximum Gasteiger partial charge on any atom is 0.159 e. The van der Waals surface area contributed by atoms with Crippen molar-refractivity contribution in [1.82, 2.24) is 0 Å². The summed E-state index contributed by atoms with van der Waals surface area (Å²) in [7, 11) is 0. The van der Waals surface area contributed by atoms with Crippen molar-refractivity contribution in [1.29, 1.82) is 0 Å². The second kappa shape index (κ2) is 7.38. The number of hydrogen-bond donors (Lipinski definition) is 0. The van der Waals surface area contributed by atoms with E-state index in [1.807, 2.05) is 36.9 Å². The van der Waals surface area contributed by atoms with Crippen LogP contribution in [-0.2, 0) is 5.75 Å². The molecular formula is C14H20O2S. The van der Waals surface area contributed by atoms with E-state index in [2.05, 4.69) is 6.92 Å². The van der Waals surface area contributed by atoms with Crippen molar-refractivity contribution in [2.45, 2.75) is 32.9 Å². The molecule has 0 saturated heterocycles. The smallest absolute Gasteiger partial charge is 0.159 e.